The third-order valence-corrected chi connectivity index (χ3v) is 7.97. The molecule has 4 rings (SSSR count). The average Bonchev–Trinajstić information content (AvgIpc) is 2.96. The molecule has 1 saturated heterocycles. The van der Waals surface area contributed by atoms with Gasteiger partial charge in [-0.05, 0) is 74.3 Å². The van der Waals surface area contributed by atoms with Crippen LogP contribution >= 0.6 is 0 Å². The zero-order valence-corrected chi connectivity index (χ0v) is 18.3. The molecular weight excluding hydrogens is 346 g/mol. The van der Waals surface area contributed by atoms with Gasteiger partial charge in [-0.3, -0.25) is 4.79 Å². The van der Waals surface area contributed by atoms with Gasteiger partial charge >= 0.3 is 5.97 Å². The van der Waals surface area contributed by atoms with Crippen molar-refractivity contribution in [3.05, 3.63) is 35.9 Å². The van der Waals surface area contributed by atoms with Crippen LogP contribution in [0.25, 0.3) is 0 Å². The van der Waals surface area contributed by atoms with Gasteiger partial charge in [-0.2, -0.15) is 0 Å². The Hall–Kier alpha value is -1.35. The Bertz CT molecular complexity index is 670. The molecule has 4 unspecified atom stereocenters. The second-order valence-corrected chi connectivity index (χ2v) is 10.4. The summed E-state index contributed by atoms with van der Waals surface area (Å²) in [6, 6.07) is 10.4. The van der Waals surface area contributed by atoms with Crippen molar-refractivity contribution < 1.29 is 9.53 Å². The monoisotopic (exact) mass is 385 g/mol. The zero-order chi connectivity index (χ0) is 20.4. The van der Waals surface area contributed by atoms with Crippen molar-refractivity contribution in [2.45, 2.75) is 84.7 Å². The molecule has 0 aromatic heterocycles. The van der Waals surface area contributed by atoms with Crippen molar-refractivity contribution in [2.75, 3.05) is 6.54 Å². The lowest BCUT2D eigenvalue weighted by Crippen LogP contribution is -2.55. The maximum atomic E-state index is 11.8. The smallest absolute Gasteiger partial charge is 0.306 e. The van der Waals surface area contributed by atoms with Crippen molar-refractivity contribution in [1.82, 2.24) is 0 Å². The number of ether oxygens (including phenoxy) is 1. The van der Waals surface area contributed by atoms with E-state index in [0.717, 1.165) is 31.7 Å². The first-order valence-corrected chi connectivity index (χ1v) is 11.2. The Morgan fingerprint density at radius 2 is 1.75 bits per heavy atom. The molecule has 1 aliphatic heterocycles. The van der Waals surface area contributed by atoms with Crippen molar-refractivity contribution in [2.24, 2.45) is 28.4 Å². The summed E-state index contributed by atoms with van der Waals surface area (Å²) in [6.45, 7) is 10.2. The summed E-state index contributed by atoms with van der Waals surface area (Å²) in [5.41, 5.74) is 7.32. The van der Waals surface area contributed by atoms with Gasteiger partial charge in [-0.15, -0.1) is 0 Å². The number of hydrogen-bond acceptors (Lipinski definition) is 3. The first kappa shape index (κ1) is 21.4. The van der Waals surface area contributed by atoms with Gasteiger partial charge in [0.2, 0.25) is 0 Å². The normalized spacial score (nSPS) is 35.8. The largest absolute Gasteiger partial charge is 0.459 e. The van der Waals surface area contributed by atoms with Crippen LogP contribution < -0.4 is 5.73 Å². The Labute approximate surface area is 171 Å². The van der Waals surface area contributed by atoms with Crippen LogP contribution in [0.2, 0.25) is 0 Å². The van der Waals surface area contributed by atoms with Crippen LogP contribution in [0.1, 0.15) is 78.2 Å². The fourth-order valence-corrected chi connectivity index (χ4v) is 6.60. The van der Waals surface area contributed by atoms with E-state index in [2.05, 4.69) is 52.0 Å². The highest BCUT2D eigenvalue weighted by Gasteiger charge is 2.62. The number of fused-ring (bicyclic) bond motifs is 3. The average molecular weight is 386 g/mol. The number of aryl methyl sites for hydroxylation is 1. The quantitative estimate of drug-likeness (QED) is 0.698. The van der Waals surface area contributed by atoms with Gasteiger partial charge in [0.05, 0.1) is 6.42 Å². The molecule has 0 spiro atoms. The molecule has 3 nitrogen and oxygen atoms in total. The predicted molar refractivity (Wildman–Crippen MR) is 115 cm³/mol. The molecule has 1 aromatic carbocycles. The third kappa shape index (κ3) is 4.15. The van der Waals surface area contributed by atoms with Crippen LogP contribution in [0, 0.1) is 22.7 Å². The molecular formula is C25H39NO2. The van der Waals surface area contributed by atoms with Gasteiger partial charge in [0.1, 0.15) is 5.60 Å². The molecule has 1 aromatic rings. The maximum absolute atomic E-state index is 11.8. The fourth-order valence-electron chi connectivity index (χ4n) is 6.60. The SMILES string of the molecule is CC1(C)CCCC2(C)C1CCC1(C)OC(=O)CC12.NCCCc1ccccc1. The summed E-state index contributed by atoms with van der Waals surface area (Å²) in [4.78, 5) is 11.8. The van der Waals surface area contributed by atoms with Crippen LogP contribution in [0.15, 0.2) is 30.3 Å². The summed E-state index contributed by atoms with van der Waals surface area (Å²) in [7, 11) is 0. The summed E-state index contributed by atoms with van der Waals surface area (Å²) in [5.74, 6) is 1.23. The molecule has 0 amide bonds. The zero-order valence-electron chi connectivity index (χ0n) is 18.3. The molecule has 2 saturated carbocycles. The maximum Gasteiger partial charge on any atom is 0.306 e. The molecule has 0 bridgehead atoms. The molecule has 156 valence electrons. The first-order chi connectivity index (χ1) is 13.2. The molecule has 2 aliphatic carbocycles. The lowest BCUT2D eigenvalue weighted by molar-refractivity contribution is -0.164. The van der Waals surface area contributed by atoms with E-state index in [1.807, 2.05) is 6.07 Å². The predicted octanol–water partition coefficient (Wildman–Crippen LogP) is 5.51. The van der Waals surface area contributed by atoms with E-state index in [4.69, 9.17) is 10.5 Å². The molecule has 3 aliphatic rings. The van der Waals surface area contributed by atoms with Crippen LogP contribution in [-0.2, 0) is 16.0 Å². The number of carbonyl (C=O) groups is 1. The van der Waals surface area contributed by atoms with Gasteiger partial charge in [0.15, 0.2) is 0 Å². The highest BCUT2D eigenvalue weighted by Crippen LogP contribution is 2.64. The molecule has 3 fully saturated rings. The lowest BCUT2D eigenvalue weighted by atomic mass is 9.45. The van der Waals surface area contributed by atoms with Gasteiger partial charge in [-0.1, -0.05) is 57.5 Å². The van der Waals surface area contributed by atoms with Crippen LogP contribution in [0.5, 0.6) is 0 Å². The Balaban J connectivity index is 0.000000192. The van der Waals surface area contributed by atoms with Crippen molar-refractivity contribution in [1.29, 1.82) is 0 Å². The summed E-state index contributed by atoms with van der Waals surface area (Å²) in [6.07, 6.45) is 9.06. The molecule has 2 N–H and O–H groups in total. The van der Waals surface area contributed by atoms with Crippen molar-refractivity contribution in [3.63, 3.8) is 0 Å². The number of rotatable bonds is 3. The summed E-state index contributed by atoms with van der Waals surface area (Å²) >= 11 is 0. The second kappa shape index (κ2) is 8.18. The third-order valence-electron chi connectivity index (χ3n) is 7.97. The highest BCUT2D eigenvalue weighted by molar-refractivity contribution is 5.73. The van der Waals surface area contributed by atoms with Gasteiger partial charge < -0.3 is 10.5 Å². The van der Waals surface area contributed by atoms with Crippen molar-refractivity contribution >= 4 is 5.97 Å². The lowest BCUT2D eigenvalue weighted by Gasteiger charge is -2.59. The van der Waals surface area contributed by atoms with E-state index in [9.17, 15) is 4.79 Å². The highest BCUT2D eigenvalue weighted by atomic mass is 16.6. The van der Waals surface area contributed by atoms with E-state index in [1.165, 1.54) is 31.2 Å². The van der Waals surface area contributed by atoms with Crippen molar-refractivity contribution in [3.8, 4) is 0 Å². The number of esters is 1. The molecule has 3 heteroatoms. The summed E-state index contributed by atoms with van der Waals surface area (Å²) in [5, 5.41) is 0. The molecule has 1 heterocycles. The van der Waals surface area contributed by atoms with E-state index in [0.29, 0.717) is 23.2 Å². The first-order valence-electron chi connectivity index (χ1n) is 11.2. The topological polar surface area (TPSA) is 52.3 Å². The van der Waals surface area contributed by atoms with Crippen LogP contribution in [0.4, 0.5) is 0 Å². The van der Waals surface area contributed by atoms with Gasteiger partial charge in [-0.25, -0.2) is 0 Å². The van der Waals surface area contributed by atoms with E-state index >= 15 is 0 Å². The molecule has 28 heavy (non-hydrogen) atoms. The molecule has 4 atom stereocenters. The number of hydrogen-bond donors (Lipinski definition) is 1. The number of benzene rings is 1. The van der Waals surface area contributed by atoms with E-state index in [1.54, 1.807) is 0 Å². The van der Waals surface area contributed by atoms with E-state index in [-0.39, 0.29) is 11.6 Å². The van der Waals surface area contributed by atoms with Crippen LogP contribution in [-0.4, -0.2) is 18.1 Å². The minimum Gasteiger partial charge on any atom is -0.459 e. The Kier molecular flexibility index (Phi) is 6.24. The number of nitrogens with two attached hydrogens (primary N) is 1. The minimum atomic E-state index is -0.171. The summed E-state index contributed by atoms with van der Waals surface area (Å²) < 4.78 is 5.70. The van der Waals surface area contributed by atoms with E-state index < -0.39 is 0 Å². The Morgan fingerprint density at radius 1 is 1.04 bits per heavy atom. The Morgan fingerprint density at radius 3 is 2.43 bits per heavy atom. The second-order valence-electron chi connectivity index (χ2n) is 10.4. The van der Waals surface area contributed by atoms with Gasteiger partial charge in [0, 0.05) is 5.92 Å². The van der Waals surface area contributed by atoms with Gasteiger partial charge in [0.25, 0.3) is 0 Å². The molecule has 0 radical (unpaired) electrons. The minimum absolute atomic E-state index is 0.0350. The fraction of sp³-hybridized carbons (Fsp3) is 0.720. The standard InChI is InChI=1S/C16H26O2.C9H13N/c1-14(2)7-5-8-15(3)11(14)6-9-16(4)12(15)10-13(17)18-16;10-8-4-7-9-5-2-1-3-6-9/h11-12H,5-10H2,1-4H3;1-3,5-6H,4,7-8,10H2. The number of carbonyl (C=O) groups excluding carboxylic acids is 1. The van der Waals surface area contributed by atoms with Crippen LogP contribution in [0.3, 0.4) is 0 Å².